The summed E-state index contributed by atoms with van der Waals surface area (Å²) in [5.74, 6) is -0.0000464. The smallest absolute Gasteiger partial charge is 0.241 e. The Labute approximate surface area is 114 Å². The number of sulfonamides is 1. The summed E-state index contributed by atoms with van der Waals surface area (Å²) in [4.78, 5) is 0.202. The van der Waals surface area contributed by atoms with E-state index in [9.17, 15) is 12.8 Å². The van der Waals surface area contributed by atoms with Crippen LogP contribution in [-0.2, 0) is 16.6 Å². The summed E-state index contributed by atoms with van der Waals surface area (Å²) in [5.41, 5.74) is 0.446. The van der Waals surface area contributed by atoms with E-state index in [1.165, 1.54) is 48.1 Å². The number of nitrogens with one attached hydrogen (secondary N) is 1. The first-order valence-corrected chi connectivity index (χ1v) is 7.80. The molecule has 1 heterocycles. The number of halogens is 1. The summed E-state index contributed by atoms with van der Waals surface area (Å²) in [6.45, 7) is -0.0287. The van der Waals surface area contributed by atoms with Gasteiger partial charge in [-0.25, -0.2) is 17.5 Å². The number of benzene rings is 1. The molecule has 0 spiro atoms. The first kappa shape index (κ1) is 14.0. The molecule has 0 radical (unpaired) electrons. The van der Waals surface area contributed by atoms with Crippen LogP contribution in [0.5, 0.6) is 5.75 Å². The van der Waals surface area contributed by atoms with Crippen LogP contribution in [0.1, 0.15) is 5.56 Å². The topological polar surface area (TPSA) is 55.4 Å². The van der Waals surface area contributed by atoms with Crippen LogP contribution < -0.4 is 9.46 Å². The van der Waals surface area contributed by atoms with Gasteiger partial charge in [-0.3, -0.25) is 0 Å². The molecule has 0 aliphatic heterocycles. The van der Waals surface area contributed by atoms with Gasteiger partial charge in [0.1, 0.15) is 11.6 Å². The van der Waals surface area contributed by atoms with E-state index in [2.05, 4.69) is 4.72 Å². The number of ether oxygens (including phenoxy) is 1. The monoisotopic (exact) mass is 301 g/mol. The van der Waals surface area contributed by atoms with Crippen LogP contribution in [-0.4, -0.2) is 15.5 Å². The van der Waals surface area contributed by atoms with Crippen molar-refractivity contribution in [1.29, 1.82) is 0 Å². The SMILES string of the molecule is COc1ccc(F)cc1CNS(=O)(=O)c1ccsc1. The number of hydrogen-bond acceptors (Lipinski definition) is 4. The van der Waals surface area contributed by atoms with Crippen LogP contribution in [0.3, 0.4) is 0 Å². The zero-order valence-corrected chi connectivity index (χ0v) is 11.7. The molecule has 7 heteroatoms. The highest BCUT2D eigenvalue weighted by Gasteiger charge is 2.15. The largest absolute Gasteiger partial charge is 0.496 e. The summed E-state index contributed by atoms with van der Waals surface area (Å²) >= 11 is 1.29. The van der Waals surface area contributed by atoms with Crippen molar-refractivity contribution < 1.29 is 17.5 Å². The first-order valence-electron chi connectivity index (χ1n) is 5.37. The van der Waals surface area contributed by atoms with Crippen LogP contribution in [0.2, 0.25) is 0 Å². The molecule has 0 saturated heterocycles. The van der Waals surface area contributed by atoms with E-state index in [1.807, 2.05) is 0 Å². The van der Waals surface area contributed by atoms with Gasteiger partial charge >= 0.3 is 0 Å². The predicted molar refractivity (Wildman–Crippen MR) is 71.3 cm³/mol. The van der Waals surface area contributed by atoms with Gasteiger partial charge in [-0.1, -0.05) is 0 Å². The molecule has 1 N–H and O–H groups in total. The minimum atomic E-state index is -3.57. The van der Waals surface area contributed by atoms with Crippen molar-refractivity contribution in [3.63, 3.8) is 0 Å². The quantitative estimate of drug-likeness (QED) is 0.922. The van der Waals surface area contributed by atoms with Crippen LogP contribution >= 0.6 is 11.3 Å². The van der Waals surface area contributed by atoms with E-state index < -0.39 is 15.8 Å². The lowest BCUT2D eigenvalue weighted by atomic mass is 10.2. The van der Waals surface area contributed by atoms with Gasteiger partial charge in [0.15, 0.2) is 0 Å². The highest BCUT2D eigenvalue weighted by atomic mass is 32.2. The number of hydrogen-bond donors (Lipinski definition) is 1. The molecule has 0 saturated carbocycles. The Morgan fingerprint density at radius 3 is 2.79 bits per heavy atom. The molecule has 0 atom stereocenters. The van der Waals surface area contributed by atoms with E-state index in [0.717, 1.165) is 0 Å². The van der Waals surface area contributed by atoms with E-state index in [-0.39, 0.29) is 11.4 Å². The molecule has 0 fully saturated rings. The maximum atomic E-state index is 13.1. The highest BCUT2D eigenvalue weighted by Crippen LogP contribution is 2.20. The number of rotatable bonds is 5. The van der Waals surface area contributed by atoms with Crippen molar-refractivity contribution in [3.05, 3.63) is 46.4 Å². The predicted octanol–water partition coefficient (Wildman–Crippen LogP) is 2.37. The molecule has 0 bridgehead atoms. The van der Waals surface area contributed by atoms with Crippen molar-refractivity contribution in [2.24, 2.45) is 0 Å². The minimum absolute atomic E-state index is 0.0287. The summed E-state index contributed by atoms with van der Waals surface area (Å²) < 4.78 is 44.4. The normalized spacial score (nSPS) is 11.5. The maximum Gasteiger partial charge on any atom is 0.241 e. The number of methoxy groups -OCH3 is 1. The van der Waals surface area contributed by atoms with Crippen LogP contribution in [0.15, 0.2) is 39.9 Å². The molecule has 0 aliphatic rings. The fraction of sp³-hybridized carbons (Fsp3) is 0.167. The van der Waals surface area contributed by atoms with Crippen LogP contribution in [0, 0.1) is 5.82 Å². The lowest BCUT2D eigenvalue weighted by molar-refractivity contribution is 0.407. The zero-order valence-electron chi connectivity index (χ0n) is 10.1. The fourth-order valence-electron chi connectivity index (χ4n) is 1.55. The second kappa shape index (κ2) is 5.68. The zero-order chi connectivity index (χ0) is 13.9. The Kier molecular flexibility index (Phi) is 4.18. The third-order valence-corrected chi connectivity index (χ3v) is 4.73. The van der Waals surface area contributed by atoms with Gasteiger partial charge in [-0.05, 0) is 29.6 Å². The van der Waals surface area contributed by atoms with Crippen molar-refractivity contribution in [3.8, 4) is 5.75 Å². The molecular formula is C12H12FNO3S2. The van der Waals surface area contributed by atoms with Crippen molar-refractivity contribution >= 4 is 21.4 Å². The number of thiophene rings is 1. The Morgan fingerprint density at radius 2 is 2.16 bits per heavy atom. The Hall–Kier alpha value is -1.44. The minimum Gasteiger partial charge on any atom is -0.496 e. The van der Waals surface area contributed by atoms with E-state index in [0.29, 0.717) is 11.3 Å². The van der Waals surface area contributed by atoms with Gasteiger partial charge in [0.05, 0.1) is 12.0 Å². The van der Waals surface area contributed by atoms with Gasteiger partial charge in [-0.15, -0.1) is 0 Å². The van der Waals surface area contributed by atoms with Crippen LogP contribution in [0.4, 0.5) is 4.39 Å². The average molecular weight is 301 g/mol. The summed E-state index contributed by atoms with van der Waals surface area (Å²) in [7, 11) is -2.12. The molecule has 0 aliphatic carbocycles. The standard InChI is InChI=1S/C12H12FNO3S2/c1-17-12-3-2-10(13)6-9(12)7-14-19(15,16)11-4-5-18-8-11/h2-6,8,14H,7H2,1H3. The van der Waals surface area contributed by atoms with E-state index in [4.69, 9.17) is 4.74 Å². The molecule has 4 nitrogen and oxygen atoms in total. The van der Waals surface area contributed by atoms with Gasteiger partial charge in [0.25, 0.3) is 0 Å². The van der Waals surface area contributed by atoms with E-state index in [1.54, 1.807) is 5.38 Å². The summed E-state index contributed by atoms with van der Waals surface area (Å²) in [6.07, 6.45) is 0. The van der Waals surface area contributed by atoms with Gasteiger partial charge in [0, 0.05) is 17.5 Å². The van der Waals surface area contributed by atoms with Gasteiger partial charge in [-0.2, -0.15) is 11.3 Å². The molecular weight excluding hydrogens is 289 g/mol. The summed E-state index contributed by atoms with van der Waals surface area (Å²) in [5, 5.41) is 3.21. The average Bonchev–Trinajstić information content (AvgIpc) is 2.91. The molecule has 0 amide bonds. The Bertz CT molecular complexity index is 654. The first-order chi connectivity index (χ1) is 9.03. The molecule has 19 heavy (non-hydrogen) atoms. The van der Waals surface area contributed by atoms with Crippen molar-refractivity contribution in [2.75, 3.05) is 7.11 Å². The Morgan fingerprint density at radius 1 is 1.37 bits per heavy atom. The lowest BCUT2D eigenvalue weighted by Gasteiger charge is -2.09. The fourth-order valence-corrected chi connectivity index (χ4v) is 3.58. The Balaban J connectivity index is 2.17. The molecule has 2 aromatic rings. The third kappa shape index (κ3) is 3.31. The van der Waals surface area contributed by atoms with Crippen molar-refractivity contribution in [2.45, 2.75) is 11.4 Å². The second-order valence-electron chi connectivity index (χ2n) is 3.74. The van der Waals surface area contributed by atoms with E-state index >= 15 is 0 Å². The van der Waals surface area contributed by atoms with Crippen molar-refractivity contribution in [1.82, 2.24) is 4.72 Å². The molecule has 1 aromatic carbocycles. The summed E-state index contributed by atoms with van der Waals surface area (Å²) in [6, 6.07) is 5.48. The molecule has 102 valence electrons. The third-order valence-electron chi connectivity index (χ3n) is 2.50. The second-order valence-corrected chi connectivity index (χ2v) is 6.29. The highest BCUT2D eigenvalue weighted by molar-refractivity contribution is 7.89. The maximum absolute atomic E-state index is 13.1. The molecule has 1 aromatic heterocycles. The molecule has 2 rings (SSSR count). The van der Waals surface area contributed by atoms with Gasteiger partial charge in [0.2, 0.25) is 10.0 Å². The van der Waals surface area contributed by atoms with Crippen LogP contribution in [0.25, 0.3) is 0 Å². The molecule has 0 unspecified atom stereocenters. The van der Waals surface area contributed by atoms with Gasteiger partial charge < -0.3 is 4.74 Å². The lowest BCUT2D eigenvalue weighted by Crippen LogP contribution is -2.23.